The molecule has 0 aliphatic heterocycles. The van der Waals surface area contributed by atoms with E-state index in [2.05, 4.69) is 0 Å². The van der Waals surface area contributed by atoms with Crippen molar-refractivity contribution in [1.82, 2.24) is 0 Å². The number of benzene rings is 2. The van der Waals surface area contributed by atoms with E-state index in [9.17, 15) is 8.42 Å². The second-order valence-electron chi connectivity index (χ2n) is 4.68. The van der Waals surface area contributed by atoms with E-state index in [0.717, 1.165) is 12.0 Å². The van der Waals surface area contributed by atoms with Crippen molar-refractivity contribution in [2.45, 2.75) is 25.2 Å². The van der Waals surface area contributed by atoms with Crippen molar-refractivity contribution in [2.24, 2.45) is 0 Å². The summed E-state index contributed by atoms with van der Waals surface area (Å²) in [5.74, 6) is 0.861. The molecule has 2 aromatic carbocycles. The fraction of sp³-hybridized carbons (Fsp3) is 0.250. The average Bonchev–Trinajstić information content (AvgIpc) is 2.45. The molecule has 2 aromatic rings. The number of aryl methyl sites for hydroxylation is 1. The Bertz CT molecular complexity index is 693. The lowest BCUT2D eigenvalue weighted by atomic mass is 10.2. The predicted molar refractivity (Wildman–Crippen MR) is 81.2 cm³/mol. The largest absolute Gasteiger partial charge is 0.493 e. The van der Waals surface area contributed by atoms with Gasteiger partial charge in [0.25, 0.3) is 0 Å². The van der Waals surface area contributed by atoms with Crippen LogP contribution in [-0.2, 0) is 10.1 Å². The Labute approximate surface area is 125 Å². The second kappa shape index (κ2) is 6.63. The summed E-state index contributed by atoms with van der Waals surface area (Å²) in [6.07, 6.45) is 0.881. The van der Waals surface area contributed by atoms with E-state index in [0.29, 0.717) is 12.4 Å². The Morgan fingerprint density at radius 1 is 1.00 bits per heavy atom. The van der Waals surface area contributed by atoms with Crippen molar-refractivity contribution < 1.29 is 17.3 Å². The molecule has 0 radical (unpaired) electrons. The third-order valence-electron chi connectivity index (χ3n) is 2.74. The molecule has 112 valence electrons. The van der Waals surface area contributed by atoms with Gasteiger partial charge in [-0.1, -0.05) is 25.1 Å². The fourth-order valence-corrected chi connectivity index (χ4v) is 2.76. The van der Waals surface area contributed by atoms with Gasteiger partial charge < -0.3 is 8.92 Å². The van der Waals surface area contributed by atoms with E-state index in [1.54, 1.807) is 30.3 Å². The number of hydrogen-bond donors (Lipinski definition) is 0. The summed E-state index contributed by atoms with van der Waals surface area (Å²) < 4.78 is 35.1. The first-order valence-corrected chi connectivity index (χ1v) is 8.16. The third kappa shape index (κ3) is 4.23. The molecule has 0 bridgehead atoms. The summed E-state index contributed by atoms with van der Waals surface area (Å²) in [7, 11) is -3.82. The van der Waals surface area contributed by atoms with Gasteiger partial charge in [0, 0.05) is 6.07 Å². The number of rotatable bonds is 6. The molecule has 2 rings (SSSR count). The Hall–Kier alpha value is -2.01. The second-order valence-corrected chi connectivity index (χ2v) is 6.23. The van der Waals surface area contributed by atoms with Crippen molar-refractivity contribution in [2.75, 3.05) is 6.61 Å². The zero-order chi connectivity index (χ0) is 15.3. The predicted octanol–water partition coefficient (Wildman–Crippen LogP) is 3.55. The standard InChI is InChI=1S/C16H18O4S/c1-3-9-19-14-10-13(2)11-15(12-14)20-21(17,18)16-7-5-4-6-8-16/h4-8,10-12H,3,9H2,1-2H3. The van der Waals surface area contributed by atoms with Crippen LogP contribution in [0.15, 0.2) is 53.4 Å². The molecule has 0 N–H and O–H groups in total. The summed E-state index contributed by atoms with van der Waals surface area (Å²) in [5, 5.41) is 0. The first kappa shape index (κ1) is 15.4. The smallest absolute Gasteiger partial charge is 0.339 e. The third-order valence-corrected chi connectivity index (χ3v) is 4.00. The lowest BCUT2D eigenvalue weighted by Crippen LogP contribution is -2.09. The number of hydrogen-bond acceptors (Lipinski definition) is 4. The van der Waals surface area contributed by atoms with Crippen LogP contribution >= 0.6 is 0 Å². The molecular formula is C16H18O4S. The summed E-state index contributed by atoms with van der Waals surface area (Å²) in [5.41, 5.74) is 0.877. The summed E-state index contributed by atoms with van der Waals surface area (Å²) >= 11 is 0. The van der Waals surface area contributed by atoms with Crippen molar-refractivity contribution >= 4 is 10.1 Å². The normalized spacial score (nSPS) is 11.1. The highest BCUT2D eigenvalue weighted by Gasteiger charge is 2.16. The maximum Gasteiger partial charge on any atom is 0.339 e. The molecule has 0 aromatic heterocycles. The fourth-order valence-electron chi connectivity index (χ4n) is 1.83. The molecule has 0 aliphatic rings. The minimum absolute atomic E-state index is 0.127. The van der Waals surface area contributed by atoms with Crippen LogP contribution in [0.2, 0.25) is 0 Å². The topological polar surface area (TPSA) is 52.6 Å². The minimum Gasteiger partial charge on any atom is -0.493 e. The van der Waals surface area contributed by atoms with Gasteiger partial charge >= 0.3 is 10.1 Å². The average molecular weight is 306 g/mol. The van der Waals surface area contributed by atoms with Crippen LogP contribution in [0.4, 0.5) is 0 Å². The van der Waals surface area contributed by atoms with Crippen LogP contribution in [0.25, 0.3) is 0 Å². The highest BCUT2D eigenvalue weighted by Crippen LogP contribution is 2.25. The van der Waals surface area contributed by atoms with E-state index < -0.39 is 10.1 Å². The van der Waals surface area contributed by atoms with Gasteiger partial charge in [-0.3, -0.25) is 0 Å². The summed E-state index contributed by atoms with van der Waals surface area (Å²) in [6, 6.07) is 13.2. The highest BCUT2D eigenvalue weighted by molar-refractivity contribution is 7.87. The molecule has 0 amide bonds. The van der Waals surface area contributed by atoms with Crippen molar-refractivity contribution in [3.05, 3.63) is 54.1 Å². The highest BCUT2D eigenvalue weighted by atomic mass is 32.2. The van der Waals surface area contributed by atoms with Gasteiger partial charge in [0.1, 0.15) is 16.4 Å². The molecule has 0 spiro atoms. The molecule has 0 heterocycles. The van der Waals surface area contributed by atoms with E-state index in [-0.39, 0.29) is 10.6 Å². The van der Waals surface area contributed by atoms with Crippen LogP contribution in [0.1, 0.15) is 18.9 Å². The van der Waals surface area contributed by atoms with Crippen LogP contribution in [0.5, 0.6) is 11.5 Å². The molecule has 0 saturated heterocycles. The summed E-state index contributed by atoms with van der Waals surface area (Å²) in [4.78, 5) is 0.127. The van der Waals surface area contributed by atoms with Crippen molar-refractivity contribution in [1.29, 1.82) is 0 Å². The first-order valence-electron chi connectivity index (χ1n) is 6.75. The lowest BCUT2D eigenvalue weighted by molar-refractivity contribution is 0.316. The molecular weight excluding hydrogens is 288 g/mol. The Morgan fingerprint density at radius 3 is 2.33 bits per heavy atom. The van der Waals surface area contributed by atoms with Crippen molar-refractivity contribution in [3.63, 3.8) is 0 Å². The quantitative estimate of drug-likeness (QED) is 0.766. The van der Waals surface area contributed by atoms with E-state index in [1.807, 2.05) is 19.9 Å². The first-order chi connectivity index (χ1) is 10.0. The maximum absolute atomic E-state index is 12.2. The van der Waals surface area contributed by atoms with Gasteiger partial charge in [0.05, 0.1) is 6.61 Å². The molecule has 0 unspecified atom stereocenters. The molecule has 0 saturated carbocycles. The Kier molecular flexibility index (Phi) is 4.85. The van der Waals surface area contributed by atoms with Crippen molar-refractivity contribution in [3.8, 4) is 11.5 Å². The maximum atomic E-state index is 12.2. The van der Waals surface area contributed by atoms with Gasteiger partial charge in [-0.2, -0.15) is 8.42 Å². The summed E-state index contributed by atoms with van der Waals surface area (Å²) in [6.45, 7) is 4.45. The van der Waals surface area contributed by atoms with Crippen LogP contribution in [0.3, 0.4) is 0 Å². The number of ether oxygens (including phenoxy) is 1. The molecule has 0 aliphatic carbocycles. The van der Waals surface area contributed by atoms with Gasteiger partial charge in [-0.15, -0.1) is 0 Å². The molecule has 4 nitrogen and oxygen atoms in total. The zero-order valence-corrected chi connectivity index (χ0v) is 12.9. The lowest BCUT2D eigenvalue weighted by Gasteiger charge is -2.10. The Balaban J connectivity index is 2.25. The minimum atomic E-state index is -3.82. The van der Waals surface area contributed by atoms with Gasteiger partial charge in [-0.05, 0) is 43.2 Å². The van der Waals surface area contributed by atoms with Crippen LogP contribution in [0, 0.1) is 6.92 Å². The van der Waals surface area contributed by atoms with Crippen LogP contribution < -0.4 is 8.92 Å². The van der Waals surface area contributed by atoms with E-state index in [1.165, 1.54) is 12.1 Å². The van der Waals surface area contributed by atoms with E-state index >= 15 is 0 Å². The van der Waals surface area contributed by atoms with Gasteiger partial charge in [0.2, 0.25) is 0 Å². The molecule has 0 fully saturated rings. The molecule has 5 heteroatoms. The SMILES string of the molecule is CCCOc1cc(C)cc(OS(=O)(=O)c2ccccc2)c1. The van der Waals surface area contributed by atoms with Gasteiger partial charge in [0.15, 0.2) is 0 Å². The molecule has 21 heavy (non-hydrogen) atoms. The van der Waals surface area contributed by atoms with E-state index in [4.69, 9.17) is 8.92 Å². The Morgan fingerprint density at radius 2 is 1.67 bits per heavy atom. The van der Waals surface area contributed by atoms with Gasteiger partial charge in [-0.25, -0.2) is 0 Å². The van der Waals surface area contributed by atoms with Crippen LogP contribution in [-0.4, -0.2) is 15.0 Å². The zero-order valence-electron chi connectivity index (χ0n) is 12.1. The molecule has 0 atom stereocenters. The monoisotopic (exact) mass is 306 g/mol.